The Morgan fingerprint density at radius 2 is 1.81 bits per heavy atom. The fourth-order valence-corrected chi connectivity index (χ4v) is 3.35. The highest BCUT2D eigenvalue weighted by Gasteiger charge is 2.32. The van der Waals surface area contributed by atoms with Crippen LogP contribution in [0.1, 0.15) is 12.8 Å². The number of alkyl halides is 3. The van der Waals surface area contributed by atoms with E-state index in [9.17, 15) is 30.8 Å². The second-order valence-electron chi connectivity index (χ2n) is 5.56. The van der Waals surface area contributed by atoms with E-state index >= 15 is 0 Å². The number of carbonyl (C=O) groups is 1. The first-order valence-electron chi connectivity index (χ1n) is 7.64. The number of benzene rings is 1. The van der Waals surface area contributed by atoms with Gasteiger partial charge in [-0.05, 0) is 30.7 Å². The molecule has 1 aromatic rings. The van der Waals surface area contributed by atoms with E-state index in [1.807, 2.05) is 0 Å². The van der Waals surface area contributed by atoms with Crippen molar-refractivity contribution in [3.63, 3.8) is 0 Å². The highest BCUT2D eigenvalue weighted by atomic mass is 32.2. The summed E-state index contributed by atoms with van der Waals surface area (Å²) in [6.07, 6.45) is -3.54. The maximum atomic E-state index is 12.9. The average molecular weight is 396 g/mol. The molecule has 0 bridgehead atoms. The first-order chi connectivity index (χ1) is 12.0. The second kappa shape index (κ2) is 9.13. The molecule has 146 valence electrons. The van der Waals surface area contributed by atoms with Gasteiger partial charge in [0.15, 0.2) is 0 Å². The Hall–Kier alpha value is -1.94. The van der Waals surface area contributed by atoms with Gasteiger partial charge in [0.2, 0.25) is 15.9 Å². The van der Waals surface area contributed by atoms with Gasteiger partial charge in [-0.3, -0.25) is 4.79 Å². The Bertz CT molecular complexity index is 718. The fraction of sp³-hybridized carbons (Fsp3) is 0.438. The van der Waals surface area contributed by atoms with Crippen molar-refractivity contribution < 1.29 is 30.8 Å². The highest BCUT2D eigenvalue weighted by Crippen LogP contribution is 2.18. The summed E-state index contributed by atoms with van der Waals surface area (Å²) >= 11 is 0. The van der Waals surface area contributed by atoms with Crippen LogP contribution in [0.5, 0.6) is 0 Å². The lowest BCUT2D eigenvalue weighted by molar-refractivity contribution is -0.160. The van der Waals surface area contributed by atoms with Crippen LogP contribution in [0.25, 0.3) is 0 Å². The van der Waals surface area contributed by atoms with Crippen molar-refractivity contribution in [2.75, 3.05) is 26.7 Å². The van der Waals surface area contributed by atoms with Gasteiger partial charge in [-0.25, -0.2) is 17.1 Å². The maximum Gasteiger partial charge on any atom is 0.406 e. The molecule has 0 saturated carbocycles. The lowest BCUT2D eigenvalue weighted by Gasteiger charge is -2.23. The van der Waals surface area contributed by atoms with Crippen LogP contribution in [-0.2, 0) is 14.8 Å². The molecule has 0 unspecified atom stereocenters. The van der Waals surface area contributed by atoms with Crippen molar-refractivity contribution in [2.45, 2.75) is 23.9 Å². The third-order valence-electron chi connectivity index (χ3n) is 3.46. The van der Waals surface area contributed by atoms with Crippen LogP contribution in [0.2, 0.25) is 0 Å². The number of rotatable bonds is 9. The Labute approximate surface area is 149 Å². The van der Waals surface area contributed by atoms with Gasteiger partial charge in [0, 0.05) is 26.6 Å². The van der Waals surface area contributed by atoms with Crippen LogP contribution in [0.4, 0.5) is 17.6 Å². The van der Waals surface area contributed by atoms with Gasteiger partial charge >= 0.3 is 6.18 Å². The van der Waals surface area contributed by atoms with Crippen molar-refractivity contribution in [3.8, 4) is 0 Å². The number of sulfonamides is 1. The molecule has 0 atom stereocenters. The van der Waals surface area contributed by atoms with Crippen LogP contribution >= 0.6 is 0 Å². The van der Waals surface area contributed by atoms with Crippen LogP contribution in [0, 0.1) is 5.82 Å². The summed E-state index contributed by atoms with van der Waals surface area (Å²) in [6.45, 7) is 1.61. The van der Waals surface area contributed by atoms with Crippen molar-refractivity contribution >= 4 is 15.9 Å². The van der Waals surface area contributed by atoms with E-state index in [1.54, 1.807) is 0 Å². The third-order valence-corrected chi connectivity index (χ3v) is 5.33. The SMILES string of the molecule is C=CCN(CC(F)(F)F)C(=O)CCCN(C)S(=O)(=O)c1ccc(F)cc1. The number of amides is 1. The normalized spacial score (nSPS) is 12.2. The topological polar surface area (TPSA) is 57.7 Å². The predicted octanol–water partition coefficient (Wildman–Crippen LogP) is 2.80. The minimum absolute atomic E-state index is 0.0429. The monoisotopic (exact) mass is 396 g/mol. The van der Waals surface area contributed by atoms with E-state index in [4.69, 9.17) is 0 Å². The first-order valence-corrected chi connectivity index (χ1v) is 9.08. The van der Waals surface area contributed by atoms with E-state index in [0.29, 0.717) is 4.90 Å². The summed E-state index contributed by atoms with van der Waals surface area (Å²) in [7, 11) is -2.59. The lowest BCUT2D eigenvalue weighted by atomic mass is 10.2. The number of hydrogen-bond donors (Lipinski definition) is 0. The third kappa shape index (κ3) is 6.75. The van der Waals surface area contributed by atoms with Gasteiger partial charge in [-0.2, -0.15) is 13.2 Å². The Balaban J connectivity index is 2.63. The van der Waals surface area contributed by atoms with Crippen molar-refractivity contribution in [1.82, 2.24) is 9.21 Å². The van der Waals surface area contributed by atoms with Gasteiger partial charge in [0.25, 0.3) is 0 Å². The number of hydrogen-bond acceptors (Lipinski definition) is 3. The van der Waals surface area contributed by atoms with E-state index in [1.165, 1.54) is 13.1 Å². The van der Waals surface area contributed by atoms with E-state index < -0.39 is 34.5 Å². The minimum Gasteiger partial charge on any atom is -0.330 e. The highest BCUT2D eigenvalue weighted by molar-refractivity contribution is 7.89. The zero-order valence-corrected chi connectivity index (χ0v) is 15.0. The molecule has 0 fully saturated rings. The largest absolute Gasteiger partial charge is 0.406 e. The molecule has 0 aliphatic rings. The maximum absolute atomic E-state index is 12.9. The van der Waals surface area contributed by atoms with Gasteiger partial charge < -0.3 is 4.90 Å². The molecule has 0 aliphatic carbocycles. The van der Waals surface area contributed by atoms with Crippen molar-refractivity contribution in [3.05, 3.63) is 42.7 Å². The quantitative estimate of drug-likeness (QED) is 0.476. The van der Waals surface area contributed by atoms with Crippen LogP contribution in [0.15, 0.2) is 41.8 Å². The Morgan fingerprint density at radius 1 is 1.23 bits per heavy atom. The summed E-state index contributed by atoms with van der Waals surface area (Å²) in [5.74, 6) is -1.32. The first kappa shape index (κ1) is 22.1. The van der Waals surface area contributed by atoms with E-state index in [2.05, 4.69) is 6.58 Å². The molecule has 1 amide bonds. The molecule has 0 heterocycles. The second-order valence-corrected chi connectivity index (χ2v) is 7.61. The zero-order valence-electron chi connectivity index (χ0n) is 14.2. The molecule has 5 nitrogen and oxygen atoms in total. The minimum atomic E-state index is -4.53. The molecule has 0 saturated heterocycles. The van der Waals surface area contributed by atoms with Gasteiger partial charge in [-0.15, -0.1) is 6.58 Å². The molecule has 1 aromatic carbocycles. The molecule has 10 heteroatoms. The van der Waals surface area contributed by atoms with Gasteiger partial charge in [0.05, 0.1) is 4.90 Å². The fourth-order valence-electron chi connectivity index (χ4n) is 2.14. The molecule has 0 N–H and O–H groups in total. The number of carbonyl (C=O) groups excluding carboxylic acids is 1. The summed E-state index contributed by atoms with van der Waals surface area (Å²) < 4.78 is 75.8. The van der Waals surface area contributed by atoms with Gasteiger partial charge in [-0.1, -0.05) is 6.08 Å². The summed E-state index contributed by atoms with van der Waals surface area (Å²) in [6, 6.07) is 4.24. The molecular formula is C16H20F4N2O3S. The summed E-state index contributed by atoms with van der Waals surface area (Å²) in [5.41, 5.74) is 0. The standard InChI is InChI=1S/C16H20F4N2O3S/c1-3-10-22(12-16(18,19)20)15(23)5-4-11-21(2)26(24,25)14-8-6-13(17)7-9-14/h3,6-9H,1,4-5,10-12H2,2H3. The molecule has 0 spiro atoms. The smallest absolute Gasteiger partial charge is 0.330 e. The van der Waals surface area contributed by atoms with Crippen LogP contribution in [-0.4, -0.2) is 56.4 Å². The average Bonchev–Trinajstić information content (AvgIpc) is 2.53. The molecule has 0 radical (unpaired) electrons. The van der Waals surface area contributed by atoms with Crippen molar-refractivity contribution in [1.29, 1.82) is 0 Å². The number of halogens is 4. The van der Waals surface area contributed by atoms with Crippen LogP contribution in [0.3, 0.4) is 0 Å². The van der Waals surface area contributed by atoms with Gasteiger partial charge in [0.1, 0.15) is 12.4 Å². The molecule has 1 rings (SSSR count). The predicted molar refractivity (Wildman–Crippen MR) is 88.3 cm³/mol. The summed E-state index contributed by atoms with van der Waals surface area (Å²) in [5, 5.41) is 0. The molecule has 26 heavy (non-hydrogen) atoms. The lowest BCUT2D eigenvalue weighted by Crippen LogP contribution is -2.39. The van der Waals surface area contributed by atoms with E-state index in [-0.39, 0.29) is 30.8 Å². The van der Waals surface area contributed by atoms with Crippen molar-refractivity contribution in [2.24, 2.45) is 0 Å². The molecule has 0 aliphatic heterocycles. The Morgan fingerprint density at radius 3 is 2.31 bits per heavy atom. The molecular weight excluding hydrogens is 376 g/mol. The Kier molecular flexibility index (Phi) is 7.76. The van der Waals surface area contributed by atoms with E-state index in [0.717, 1.165) is 28.6 Å². The summed E-state index contributed by atoms with van der Waals surface area (Å²) in [4.78, 5) is 12.4. The van der Waals surface area contributed by atoms with Crippen LogP contribution < -0.4 is 0 Å². The molecule has 0 aromatic heterocycles. The number of nitrogens with zero attached hydrogens (tertiary/aromatic N) is 2. The zero-order chi connectivity index (χ0) is 20.0.